The number of aliphatic hydroxyl groups excluding tert-OH is 1. The molecular formula is C15H28N2O2. The van der Waals surface area contributed by atoms with E-state index in [2.05, 4.69) is 24.1 Å². The minimum atomic E-state index is 0.131. The molecule has 1 saturated heterocycles. The number of aliphatic hydroxyl groups is 1. The topological polar surface area (TPSA) is 52.6 Å². The summed E-state index contributed by atoms with van der Waals surface area (Å²) in [5, 5.41) is 12.5. The van der Waals surface area contributed by atoms with Crippen LogP contribution in [0.3, 0.4) is 0 Å². The van der Waals surface area contributed by atoms with Gasteiger partial charge in [0.2, 0.25) is 5.91 Å². The molecule has 1 saturated carbocycles. The van der Waals surface area contributed by atoms with E-state index < -0.39 is 0 Å². The third-order valence-corrected chi connectivity index (χ3v) is 5.11. The van der Waals surface area contributed by atoms with E-state index in [4.69, 9.17) is 0 Å². The number of carbonyl (C=O) groups excluding carboxylic acids is 1. The smallest absolute Gasteiger partial charge is 0.234 e. The van der Waals surface area contributed by atoms with Gasteiger partial charge in [0, 0.05) is 12.1 Å². The van der Waals surface area contributed by atoms with Gasteiger partial charge in [-0.3, -0.25) is 9.69 Å². The first-order valence-electron chi connectivity index (χ1n) is 7.76. The van der Waals surface area contributed by atoms with Crippen LogP contribution < -0.4 is 5.32 Å². The molecule has 0 bridgehead atoms. The van der Waals surface area contributed by atoms with Crippen molar-refractivity contribution in [2.75, 3.05) is 19.7 Å². The van der Waals surface area contributed by atoms with Gasteiger partial charge in [-0.25, -0.2) is 0 Å². The summed E-state index contributed by atoms with van der Waals surface area (Å²) < 4.78 is 0. The van der Waals surface area contributed by atoms with Gasteiger partial charge in [-0.1, -0.05) is 26.7 Å². The Kier molecular flexibility index (Phi) is 5.22. The number of hydrogen-bond donors (Lipinski definition) is 2. The predicted octanol–water partition coefficient (Wildman–Crippen LogP) is 1.38. The van der Waals surface area contributed by atoms with Crippen LogP contribution in [-0.2, 0) is 4.79 Å². The Bertz CT molecular complexity index is 309. The van der Waals surface area contributed by atoms with Crippen LogP contribution in [0, 0.1) is 11.8 Å². The van der Waals surface area contributed by atoms with E-state index in [-0.39, 0.29) is 18.6 Å². The van der Waals surface area contributed by atoms with Crippen LogP contribution in [0.15, 0.2) is 0 Å². The molecule has 4 nitrogen and oxygen atoms in total. The fourth-order valence-corrected chi connectivity index (χ4v) is 3.53. The Balaban J connectivity index is 1.80. The van der Waals surface area contributed by atoms with E-state index in [0.717, 1.165) is 25.8 Å². The van der Waals surface area contributed by atoms with E-state index in [0.29, 0.717) is 24.4 Å². The molecule has 2 rings (SSSR count). The molecule has 2 aliphatic rings. The Morgan fingerprint density at radius 1 is 1.26 bits per heavy atom. The Labute approximate surface area is 116 Å². The lowest BCUT2D eigenvalue weighted by Gasteiger charge is -2.35. The van der Waals surface area contributed by atoms with Crippen molar-refractivity contribution in [1.29, 1.82) is 0 Å². The van der Waals surface area contributed by atoms with Crippen LogP contribution in [0.1, 0.15) is 46.0 Å². The van der Waals surface area contributed by atoms with Crippen molar-refractivity contribution in [2.45, 2.75) is 58.0 Å². The Hall–Kier alpha value is -0.610. The fourth-order valence-electron chi connectivity index (χ4n) is 3.53. The zero-order valence-corrected chi connectivity index (χ0v) is 12.3. The third-order valence-electron chi connectivity index (χ3n) is 5.11. The Morgan fingerprint density at radius 2 is 2.05 bits per heavy atom. The summed E-state index contributed by atoms with van der Waals surface area (Å²) in [4.78, 5) is 14.3. The predicted molar refractivity (Wildman–Crippen MR) is 75.8 cm³/mol. The molecular weight excluding hydrogens is 240 g/mol. The minimum Gasteiger partial charge on any atom is -0.395 e. The third kappa shape index (κ3) is 3.69. The van der Waals surface area contributed by atoms with E-state index in [9.17, 15) is 9.90 Å². The number of nitrogens with one attached hydrogen (secondary N) is 1. The van der Waals surface area contributed by atoms with Crippen molar-refractivity contribution in [2.24, 2.45) is 11.8 Å². The maximum Gasteiger partial charge on any atom is 0.234 e. The molecule has 0 radical (unpaired) electrons. The largest absolute Gasteiger partial charge is 0.395 e. The molecule has 1 heterocycles. The molecule has 0 aromatic carbocycles. The average molecular weight is 268 g/mol. The maximum atomic E-state index is 12.1. The van der Waals surface area contributed by atoms with Crippen molar-refractivity contribution in [3.05, 3.63) is 0 Å². The normalized spacial score (nSPS) is 36.4. The van der Waals surface area contributed by atoms with Crippen LogP contribution in [0.5, 0.6) is 0 Å². The molecule has 3 unspecified atom stereocenters. The highest BCUT2D eigenvalue weighted by Crippen LogP contribution is 2.29. The maximum absolute atomic E-state index is 12.1. The zero-order valence-electron chi connectivity index (χ0n) is 12.3. The van der Waals surface area contributed by atoms with Crippen molar-refractivity contribution >= 4 is 5.91 Å². The first kappa shape index (κ1) is 14.8. The highest BCUT2D eigenvalue weighted by Gasteiger charge is 2.30. The van der Waals surface area contributed by atoms with E-state index in [1.165, 1.54) is 12.8 Å². The van der Waals surface area contributed by atoms with Gasteiger partial charge in [0.05, 0.1) is 13.2 Å². The minimum absolute atomic E-state index is 0.131. The molecule has 4 atom stereocenters. The average Bonchev–Trinajstić information content (AvgIpc) is 2.82. The van der Waals surface area contributed by atoms with E-state index in [1.807, 2.05) is 0 Å². The van der Waals surface area contributed by atoms with Gasteiger partial charge in [-0.2, -0.15) is 0 Å². The molecule has 1 aliphatic carbocycles. The molecule has 19 heavy (non-hydrogen) atoms. The van der Waals surface area contributed by atoms with Gasteiger partial charge in [0.15, 0.2) is 0 Å². The van der Waals surface area contributed by atoms with Crippen molar-refractivity contribution in [3.8, 4) is 0 Å². The quantitative estimate of drug-likeness (QED) is 0.810. The number of rotatable bonds is 4. The monoisotopic (exact) mass is 268 g/mol. The molecule has 4 heteroatoms. The Morgan fingerprint density at radius 3 is 2.79 bits per heavy atom. The molecule has 0 aromatic rings. The second-order valence-corrected chi connectivity index (χ2v) is 6.39. The standard InChI is InChI=1S/C15H28N2O2/c1-11-5-3-7-14(12(11)2)16-15(19)9-17-8-4-6-13(17)10-18/h11-14,18H,3-10H2,1-2H3,(H,16,19)/t11?,12?,13-,14?/m1/s1. The van der Waals surface area contributed by atoms with Crippen LogP contribution in [-0.4, -0.2) is 47.7 Å². The van der Waals surface area contributed by atoms with Gasteiger partial charge in [0.25, 0.3) is 0 Å². The molecule has 2 fully saturated rings. The first-order chi connectivity index (χ1) is 9.11. The number of carbonyl (C=O) groups is 1. The van der Waals surface area contributed by atoms with Gasteiger partial charge >= 0.3 is 0 Å². The second-order valence-electron chi connectivity index (χ2n) is 6.39. The molecule has 1 aliphatic heterocycles. The number of amides is 1. The lowest BCUT2D eigenvalue weighted by Crippen LogP contribution is -2.48. The summed E-state index contributed by atoms with van der Waals surface area (Å²) in [6, 6.07) is 0.528. The van der Waals surface area contributed by atoms with Crippen molar-refractivity contribution < 1.29 is 9.90 Å². The lowest BCUT2D eigenvalue weighted by atomic mass is 9.78. The summed E-state index contributed by atoms with van der Waals surface area (Å²) >= 11 is 0. The summed E-state index contributed by atoms with van der Waals surface area (Å²) in [5.74, 6) is 1.41. The summed E-state index contributed by atoms with van der Waals surface area (Å²) in [5.41, 5.74) is 0. The number of hydrogen-bond acceptors (Lipinski definition) is 3. The highest BCUT2D eigenvalue weighted by atomic mass is 16.3. The van der Waals surface area contributed by atoms with Crippen LogP contribution in [0.4, 0.5) is 0 Å². The zero-order chi connectivity index (χ0) is 13.8. The molecule has 2 N–H and O–H groups in total. The first-order valence-corrected chi connectivity index (χ1v) is 7.76. The van der Waals surface area contributed by atoms with Gasteiger partial charge in [-0.15, -0.1) is 0 Å². The highest BCUT2D eigenvalue weighted by molar-refractivity contribution is 5.78. The fraction of sp³-hybridized carbons (Fsp3) is 0.933. The van der Waals surface area contributed by atoms with Crippen LogP contribution in [0.25, 0.3) is 0 Å². The molecule has 1 amide bonds. The van der Waals surface area contributed by atoms with Gasteiger partial charge < -0.3 is 10.4 Å². The SMILES string of the molecule is CC1CCCC(NC(=O)CN2CCC[C@@H]2CO)C1C. The second kappa shape index (κ2) is 6.71. The lowest BCUT2D eigenvalue weighted by molar-refractivity contribution is -0.124. The summed E-state index contributed by atoms with van der Waals surface area (Å²) in [6.07, 6.45) is 5.72. The van der Waals surface area contributed by atoms with Gasteiger partial charge in [-0.05, 0) is 37.6 Å². The van der Waals surface area contributed by atoms with Crippen LogP contribution in [0.2, 0.25) is 0 Å². The molecule has 0 aromatic heterocycles. The van der Waals surface area contributed by atoms with Gasteiger partial charge in [0.1, 0.15) is 0 Å². The number of nitrogens with zero attached hydrogens (tertiary/aromatic N) is 1. The van der Waals surface area contributed by atoms with E-state index in [1.54, 1.807) is 0 Å². The van der Waals surface area contributed by atoms with Crippen LogP contribution >= 0.6 is 0 Å². The molecule has 110 valence electrons. The van der Waals surface area contributed by atoms with Crippen molar-refractivity contribution in [1.82, 2.24) is 10.2 Å². The van der Waals surface area contributed by atoms with E-state index >= 15 is 0 Å². The number of likely N-dealkylation sites (tertiary alicyclic amines) is 1. The van der Waals surface area contributed by atoms with Crippen molar-refractivity contribution in [3.63, 3.8) is 0 Å². The summed E-state index contributed by atoms with van der Waals surface area (Å²) in [7, 11) is 0. The summed E-state index contributed by atoms with van der Waals surface area (Å²) in [6.45, 7) is 6.09. The molecule has 0 spiro atoms.